The molecule has 0 saturated carbocycles. The number of thioether (sulfide) groups is 1. The van der Waals surface area contributed by atoms with Crippen molar-refractivity contribution in [2.24, 2.45) is 0 Å². The van der Waals surface area contributed by atoms with Crippen molar-refractivity contribution in [3.05, 3.63) is 11.4 Å². The topological polar surface area (TPSA) is 28.7 Å². The molecule has 0 fully saturated rings. The molecule has 2 nitrogen and oxygen atoms in total. The van der Waals surface area contributed by atoms with Gasteiger partial charge in [0.15, 0.2) is 5.16 Å². The minimum absolute atomic E-state index is 0.163. The van der Waals surface area contributed by atoms with Crippen LogP contribution in [-0.4, -0.2) is 14.7 Å². The molecule has 1 N–H and O–H groups in total. The van der Waals surface area contributed by atoms with Gasteiger partial charge in [-0.05, 0) is 6.92 Å². The van der Waals surface area contributed by atoms with E-state index in [1.54, 1.807) is 11.8 Å². The van der Waals surface area contributed by atoms with Crippen LogP contribution < -0.4 is 0 Å². The molecule has 0 spiro atoms. The number of aromatic nitrogens is 2. The number of nitrogens with zero attached hydrogens (tertiary/aromatic N) is 1. The van der Waals surface area contributed by atoms with Crippen LogP contribution in [0.1, 0.15) is 32.2 Å². The molecule has 1 aromatic rings. The number of imidazole rings is 1. The zero-order valence-electron chi connectivity index (χ0n) is 8.43. The third kappa shape index (κ3) is 2.82. The molecule has 0 atom stereocenters. The Labute approximate surface area is 83.5 Å². The van der Waals surface area contributed by atoms with Crippen LogP contribution in [-0.2, 0) is 0 Å². The zero-order chi connectivity index (χ0) is 10.1. The van der Waals surface area contributed by atoms with Crippen molar-refractivity contribution in [1.82, 2.24) is 9.97 Å². The molecule has 0 amide bonds. The fourth-order valence-electron chi connectivity index (χ4n) is 0.912. The maximum atomic E-state index is 5.30. The van der Waals surface area contributed by atoms with Gasteiger partial charge in [0.25, 0.3) is 0 Å². The van der Waals surface area contributed by atoms with E-state index in [0.717, 1.165) is 16.5 Å². The summed E-state index contributed by atoms with van der Waals surface area (Å²) in [6.07, 6.45) is 5.30. The molecule has 1 aromatic heterocycles. The summed E-state index contributed by atoms with van der Waals surface area (Å²) in [4.78, 5) is 7.44. The summed E-state index contributed by atoms with van der Waals surface area (Å²) in [7, 11) is 0. The monoisotopic (exact) mass is 194 g/mol. The van der Waals surface area contributed by atoms with E-state index in [1.165, 1.54) is 0 Å². The van der Waals surface area contributed by atoms with Gasteiger partial charge in [0, 0.05) is 4.75 Å². The number of H-pyrrole nitrogens is 1. The predicted molar refractivity (Wildman–Crippen MR) is 56.9 cm³/mol. The summed E-state index contributed by atoms with van der Waals surface area (Å²) in [6.45, 7) is 8.35. The van der Waals surface area contributed by atoms with Crippen LogP contribution >= 0.6 is 11.8 Å². The first-order chi connectivity index (χ1) is 5.92. The highest BCUT2D eigenvalue weighted by Crippen LogP contribution is 2.29. The molecular formula is C10H14N2S. The summed E-state index contributed by atoms with van der Waals surface area (Å²) in [5, 5.41) is 0.901. The average Bonchev–Trinajstić information content (AvgIpc) is 2.26. The van der Waals surface area contributed by atoms with E-state index >= 15 is 0 Å². The van der Waals surface area contributed by atoms with Gasteiger partial charge in [0.05, 0.1) is 5.69 Å². The number of aryl methyl sites for hydroxylation is 1. The molecule has 3 heteroatoms. The van der Waals surface area contributed by atoms with Crippen LogP contribution in [0.15, 0.2) is 5.16 Å². The number of aromatic amines is 1. The quantitative estimate of drug-likeness (QED) is 0.550. The maximum absolute atomic E-state index is 5.30. The van der Waals surface area contributed by atoms with Gasteiger partial charge in [-0.3, -0.25) is 0 Å². The minimum Gasteiger partial charge on any atom is -0.326 e. The Balaban J connectivity index is 2.87. The molecular weight excluding hydrogens is 180 g/mol. The molecule has 13 heavy (non-hydrogen) atoms. The van der Waals surface area contributed by atoms with E-state index < -0.39 is 0 Å². The Morgan fingerprint density at radius 3 is 2.46 bits per heavy atom. The van der Waals surface area contributed by atoms with Gasteiger partial charge < -0.3 is 4.98 Å². The van der Waals surface area contributed by atoms with Crippen LogP contribution in [0, 0.1) is 19.3 Å². The van der Waals surface area contributed by atoms with Crippen LogP contribution in [0.3, 0.4) is 0 Å². The van der Waals surface area contributed by atoms with Gasteiger partial charge in [-0.2, -0.15) is 0 Å². The van der Waals surface area contributed by atoms with Gasteiger partial charge >= 0.3 is 0 Å². The third-order valence-electron chi connectivity index (χ3n) is 1.41. The van der Waals surface area contributed by atoms with Gasteiger partial charge in [-0.15, -0.1) is 6.42 Å². The predicted octanol–water partition coefficient (Wildman–Crippen LogP) is 2.59. The summed E-state index contributed by atoms with van der Waals surface area (Å²) in [5.41, 5.74) is 1.68. The standard InChI is InChI=1S/C10H14N2S/c1-6-8-7(2)11-9(12-8)13-10(3,4)5/h1H,2-5H3,(H,11,12). The van der Waals surface area contributed by atoms with Gasteiger partial charge in [-0.25, -0.2) is 4.98 Å². The molecule has 0 unspecified atom stereocenters. The number of terminal acetylenes is 1. The highest BCUT2D eigenvalue weighted by atomic mass is 32.2. The molecule has 1 heterocycles. The first kappa shape index (κ1) is 10.2. The smallest absolute Gasteiger partial charge is 0.167 e. The summed E-state index contributed by atoms with van der Waals surface area (Å²) in [6, 6.07) is 0. The molecule has 0 radical (unpaired) electrons. The number of nitrogens with one attached hydrogen (secondary N) is 1. The normalized spacial score (nSPS) is 11.3. The maximum Gasteiger partial charge on any atom is 0.167 e. The molecule has 0 saturated heterocycles. The number of hydrogen-bond acceptors (Lipinski definition) is 2. The molecule has 0 bridgehead atoms. The molecule has 0 aromatic carbocycles. The lowest BCUT2D eigenvalue weighted by atomic mass is 10.3. The molecule has 0 aliphatic rings. The number of hydrogen-bond donors (Lipinski definition) is 1. The average molecular weight is 194 g/mol. The van der Waals surface area contributed by atoms with Crippen LogP contribution in [0.25, 0.3) is 0 Å². The summed E-state index contributed by atoms with van der Waals surface area (Å²) >= 11 is 1.69. The number of rotatable bonds is 1. The zero-order valence-corrected chi connectivity index (χ0v) is 9.25. The van der Waals surface area contributed by atoms with Crippen LogP contribution in [0.5, 0.6) is 0 Å². The highest BCUT2D eigenvalue weighted by Gasteiger charge is 2.15. The first-order valence-corrected chi connectivity index (χ1v) is 4.96. The van der Waals surface area contributed by atoms with Crippen LogP contribution in [0.4, 0.5) is 0 Å². The largest absolute Gasteiger partial charge is 0.326 e. The molecule has 1 rings (SSSR count). The van der Waals surface area contributed by atoms with Crippen molar-refractivity contribution < 1.29 is 0 Å². The fourth-order valence-corrected chi connectivity index (χ4v) is 1.83. The summed E-state index contributed by atoms with van der Waals surface area (Å²) in [5.74, 6) is 2.57. The Kier molecular flexibility index (Phi) is 2.72. The lowest BCUT2D eigenvalue weighted by Crippen LogP contribution is -2.07. The van der Waals surface area contributed by atoms with E-state index in [9.17, 15) is 0 Å². The van der Waals surface area contributed by atoms with Crippen molar-refractivity contribution in [2.45, 2.75) is 37.6 Å². The van der Waals surface area contributed by atoms with Crippen LogP contribution in [0.2, 0.25) is 0 Å². The van der Waals surface area contributed by atoms with Gasteiger partial charge in [0.1, 0.15) is 5.69 Å². The lowest BCUT2D eigenvalue weighted by Gasteiger charge is -2.14. The second-order valence-electron chi connectivity index (χ2n) is 3.86. The van der Waals surface area contributed by atoms with Crippen molar-refractivity contribution in [2.75, 3.05) is 0 Å². The minimum atomic E-state index is 0.163. The highest BCUT2D eigenvalue weighted by molar-refractivity contribution is 8.00. The van der Waals surface area contributed by atoms with Crippen molar-refractivity contribution in [3.8, 4) is 12.3 Å². The second-order valence-corrected chi connectivity index (χ2v) is 5.68. The Morgan fingerprint density at radius 2 is 2.08 bits per heavy atom. The molecule has 70 valence electrons. The van der Waals surface area contributed by atoms with Crippen molar-refractivity contribution >= 4 is 11.8 Å². The van der Waals surface area contributed by atoms with Crippen molar-refractivity contribution in [1.29, 1.82) is 0 Å². The van der Waals surface area contributed by atoms with E-state index in [1.807, 2.05) is 6.92 Å². The summed E-state index contributed by atoms with van der Waals surface area (Å²) < 4.78 is 0.163. The molecule has 0 aliphatic carbocycles. The van der Waals surface area contributed by atoms with E-state index in [4.69, 9.17) is 6.42 Å². The SMILES string of the molecule is C#Cc1[nH]c(SC(C)(C)C)nc1C. The Morgan fingerprint density at radius 1 is 1.46 bits per heavy atom. The fraction of sp³-hybridized carbons (Fsp3) is 0.500. The van der Waals surface area contributed by atoms with Crippen molar-refractivity contribution in [3.63, 3.8) is 0 Å². The second kappa shape index (κ2) is 3.47. The Bertz CT molecular complexity index is 339. The lowest BCUT2D eigenvalue weighted by molar-refractivity contribution is 0.795. The molecule has 0 aliphatic heterocycles. The third-order valence-corrected chi connectivity index (χ3v) is 2.41. The van der Waals surface area contributed by atoms with Gasteiger partial charge in [-0.1, -0.05) is 38.5 Å². The first-order valence-electron chi connectivity index (χ1n) is 4.14. The van der Waals surface area contributed by atoms with Gasteiger partial charge in [0.2, 0.25) is 0 Å². The Hall–Kier alpha value is -0.880. The van der Waals surface area contributed by atoms with E-state index in [0.29, 0.717) is 0 Å². The van der Waals surface area contributed by atoms with E-state index in [2.05, 4.69) is 36.7 Å². The van der Waals surface area contributed by atoms with E-state index in [-0.39, 0.29) is 4.75 Å².